The Morgan fingerprint density at radius 2 is 1.60 bits per heavy atom. The molecule has 0 heterocycles. The van der Waals surface area contributed by atoms with E-state index in [1.165, 1.54) is 13.2 Å². The molecule has 0 aliphatic heterocycles. The largest absolute Gasteiger partial charge is 0.494 e. The Morgan fingerprint density at radius 1 is 0.933 bits per heavy atom. The Balaban J connectivity index is 1.83. The van der Waals surface area contributed by atoms with Crippen molar-refractivity contribution in [1.82, 2.24) is 0 Å². The van der Waals surface area contributed by atoms with Gasteiger partial charge in [-0.1, -0.05) is 6.58 Å². The number of esters is 3. The van der Waals surface area contributed by atoms with E-state index in [0.717, 1.165) is 12.5 Å². The van der Waals surface area contributed by atoms with Crippen LogP contribution in [0.2, 0.25) is 0 Å². The van der Waals surface area contributed by atoms with Crippen LogP contribution in [0.15, 0.2) is 55.1 Å². The fourth-order valence-electron chi connectivity index (χ4n) is 2.48. The summed E-state index contributed by atoms with van der Waals surface area (Å²) in [5.41, 5.74) is 1.40. The standard InChI is InChI=1S/C23H24O7/c1-4-21(24)29-14-6-5-13-28-19-10-7-17(8-11-19)23(26)30-20-12-9-18(15-16(20)2)22(25)27-3/h4,7-12,15H,1,5-6,13-14H2,2-3H3. The predicted molar refractivity (Wildman–Crippen MR) is 110 cm³/mol. The quantitative estimate of drug-likeness (QED) is 0.253. The summed E-state index contributed by atoms with van der Waals surface area (Å²) in [5.74, 6) is -0.421. The molecule has 158 valence electrons. The Bertz CT molecular complexity index is 900. The molecular weight excluding hydrogens is 388 g/mol. The van der Waals surface area contributed by atoms with E-state index in [-0.39, 0.29) is 0 Å². The van der Waals surface area contributed by atoms with Crippen molar-refractivity contribution in [2.75, 3.05) is 20.3 Å². The molecule has 0 unspecified atom stereocenters. The summed E-state index contributed by atoms with van der Waals surface area (Å²) in [6.45, 7) is 5.84. The zero-order valence-electron chi connectivity index (χ0n) is 17.0. The van der Waals surface area contributed by atoms with Gasteiger partial charge in [-0.15, -0.1) is 0 Å². The van der Waals surface area contributed by atoms with E-state index >= 15 is 0 Å². The summed E-state index contributed by atoms with van der Waals surface area (Å²) in [7, 11) is 1.31. The van der Waals surface area contributed by atoms with Crippen LogP contribution in [0.3, 0.4) is 0 Å². The number of benzene rings is 2. The third-order valence-electron chi connectivity index (χ3n) is 4.11. The number of hydrogen-bond acceptors (Lipinski definition) is 7. The van der Waals surface area contributed by atoms with E-state index in [0.29, 0.717) is 47.8 Å². The first kappa shape index (κ1) is 22.7. The molecule has 2 rings (SSSR count). The van der Waals surface area contributed by atoms with E-state index in [1.54, 1.807) is 43.3 Å². The number of rotatable bonds is 10. The summed E-state index contributed by atoms with van der Waals surface area (Å²) < 4.78 is 20.6. The first-order chi connectivity index (χ1) is 14.4. The molecule has 0 aliphatic rings. The van der Waals surface area contributed by atoms with Gasteiger partial charge in [-0.2, -0.15) is 0 Å². The number of methoxy groups -OCH3 is 1. The average Bonchev–Trinajstić information content (AvgIpc) is 2.76. The molecule has 0 fully saturated rings. The van der Waals surface area contributed by atoms with Gasteiger partial charge in [0.25, 0.3) is 0 Å². The highest BCUT2D eigenvalue weighted by molar-refractivity contribution is 5.92. The van der Waals surface area contributed by atoms with E-state index < -0.39 is 17.9 Å². The number of carbonyl (C=O) groups is 3. The zero-order chi connectivity index (χ0) is 21.9. The first-order valence-electron chi connectivity index (χ1n) is 9.37. The molecule has 0 radical (unpaired) electrons. The molecule has 0 aliphatic carbocycles. The Hall–Kier alpha value is -3.61. The van der Waals surface area contributed by atoms with Crippen LogP contribution in [0.4, 0.5) is 0 Å². The van der Waals surface area contributed by atoms with Crippen molar-refractivity contribution in [1.29, 1.82) is 0 Å². The highest BCUT2D eigenvalue weighted by atomic mass is 16.5. The molecule has 0 atom stereocenters. The number of hydrogen-bond donors (Lipinski definition) is 0. The SMILES string of the molecule is C=CC(=O)OCCCCOc1ccc(C(=O)Oc2ccc(C(=O)OC)cc2C)cc1. The maximum Gasteiger partial charge on any atom is 0.343 e. The molecule has 2 aromatic rings. The zero-order valence-corrected chi connectivity index (χ0v) is 17.0. The minimum Gasteiger partial charge on any atom is -0.494 e. The molecule has 0 saturated heterocycles. The van der Waals surface area contributed by atoms with Crippen molar-refractivity contribution in [3.63, 3.8) is 0 Å². The third-order valence-corrected chi connectivity index (χ3v) is 4.11. The van der Waals surface area contributed by atoms with Gasteiger partial charge in [0.05, 0.1) is 31.5 Å². The number of ether oxygens (including phenoxy) is 4. The second-order valence-electron chi connectivity index (χ2n) is 6.31. The maximum absolute atomic E-state index is 12.4. The normalized spacial score (nSPS) is 10.1. The van der Waals surface area contributed by atoms with Crippen molar-refractivity contribution >= 4 is 17.9 Å². The Labute approximate surface area is 175 Å². The Kier molecular flexibility index (Phi) is 8.62. The van der Waals surface area contributed by atoms with E-state index in [2.05, 4.69) is 11.3 Å². The van der Waals surface area contributed by atoms with Gasteiger partial charge < -0.3 is 18.9 Å². The monoisotopic (exact) mass is 412 g/mol. The van der Waals surface area contributed by atoms with Crippen LogP contribution in [-0.2, 0) is 14.3 Å². The second-order valence-corrected chi connectivity index (χ2v) is 6.31. The van der Waals surface area contributed by atoms with Crippen LogP contribution in [-0.4, -0.2) is 38.2 Å². The Morgan fingerprint density at radius 3 is 2.23 bits per heavy atom. The number of unbranched alkanes of at least 4 members (excludes halogenated alkanes) is 1. The second kappa shape index (κ2) is 11.4. The molecule has 0 bridgehead atoms. The van der Waals surface area contributed by atoms with Crippen LogP contribution in [0.1, 0.15) is 39.1 Å². The summed E-state index contributed by atoms with van der Waals surface area (Å²) in [4.78, 5) is 34.8. The van der Waals surface area contributed by atoms with Gasteiger partial charge in [-0.05, 0) is 67.8 Å². The van der Waals surface area contributed by atoms with Gasteiger partial charge >= 0.3 is 17.9 Å². The van der Waals surface area contributed by atoms with Crippen molar-refractivity contribution < 1.29 is 33.3 Å². The summed E-state index contributed by atoms with van der Waals surface area (Å²) in [5, 5.41) is 0. The van der Waals surface area contributed by atoms with E-state index in [1.807, 2.05) is 0 Å². The lowest BCUT2D eigenvalue weighted by molar-refractivity contribution is -0.137. The third kappa shape index (κ3) is 6.77. The van der Waals surface area contributed by atoms with Crippen LogP contribution in [0.5, 0.6) is 11.5 Å². The summed E-state index contributed by atoms with van der Waals surface area (Å²) >= 11 is 0. The fraction of sp³-hybridized carbons (Fsp3) is 0.261. The molecule has 0 N–H and O–H groups in total. The van der Waals surface area contributed by atoms with E-state index in [4.69, 9.17) is 14.2 Å². The van der Waals surface area contributed by atoms with Crippen LogP contribution < -0.4 is 9.47 Å². The molecule has 7 heteroatoms. The predicted octanol–water partition coefficient (Wildman–Crippen LogP) is 3.89. The van der Waals surface area contributed by atoms with Gasteiger partial charge in [0.15, 0.2) is 0 Å². The lowest BCUT2D eigenvalue weighted by atomic mass is 10.1. The molecule has 0 spiro atoms. The topological polar surface area (TPSA) is 88.1 Å². The minimum absolute atomic E-state index is 0.318. The molecule has 30 heavy (non-hydrogen) atoms. The molecule has 0 amide bonds. The van der Waals surface area contributed by atoms with Crippen molar-refractivity contribution in [3.05, 3.63) is 71.8 Å². The lowest BCUT2D eigenvalue weighted by Crippen LogP contribution is -2.10. The van der Waals surface area contributed by atoms with E-state index in [9.17, 15) is 14.4 Å². The van der Waals surface area contributed by atoms with Crippen LogP contribution >= 0.6 is 0 Å². The highest BCUT2D eigenvalue weighted by Crippen LogP contribution is 2.21. The highest BCUT2D eigenvalue weighted by Gasteiger charge is 2.13. The summed E-state index contributed by atoms with van der Waals surface area (Å²) in [6, 6.07) is 11.3. The maximum atomic E-state index is 12.4. The molecule has 2 aromatic carbocycles. The van der Waals surface area contributed by atoms with Gasteiger partial charge in [0, 0.05) is 6.08 Å². The van der Waals surface area contributed by atoms with Crippen molar-refractivity contribution in [3.8, 4) is 11.5 Å². The minimum atomic E-state index is -0.514. The first-order valence-corrected chi connectivity index (χ1v) is 9.37. The fourth-order valence-corrected chi connectivity index (χ4v) is 2.48. The van der Waals surface area contributed by atoms with Gasteiger partial charge in [0.1, 0.15) is 11.5 Å². The van der Waals surface area contributed by atoms with Crippen molar-refractivity contribution in [2.24, 2.45) is 0 Å². The number of carbonyl (C=O) groups excluding carboxylic acids is 3. The smallest absolute Gasteiger partial charge is 0.343 e. The molecular formula is C23H24O7. The lowest BCUT2D eigenvalue weighted by Gasteiger charge is -2.10. The number of aryl methyl sites for hydroxylation is 1. The molecule has 7 nitrogen and oxygen atoms in total. The van der Waals surface area contributed by atoms with Gasteiger partial charge in [-0.25, -0.2) is 14.4 Å². The molecule has 0 aromatic heterocycles. The van der Waals surface area contributed by atoms with Gasteiger partial charge in [0.2, 0.25) is 0 Å². The average molecular weight is 412 g/mol. The molecule has 0 saturated carbocycles. The van der Waals surface area contributed by atoms with Crippen LogP contribution in [0.25, 0.3) is 0 Å². The van der Waals surface area contributed by atoms with Gasteiger partial charge in [-0.3, -0.25) is 0 Å². The van der Waals surface area contributed by atoms with Crippen LogP contribution in [0, 0.1) is 6.92 Å². The summed E-state index contributed by atoms with van der Waals surface area (Å²) in [6.07, 6.45) is 2.52. The van der Waals surface area contributed by atoms with Crippen molar-refractivity contribution in [2.45, 2.75) is 19.8 Å².